The minimum Gasteiger partial charge on any atom is -0.494 e. The Hall–Kier alpha value is -2.50. The first-order valence-corrected chi connectivity index (χ1v) is 8.40. The molecule has 0 aliphatic rings. The van der Waals surface area contributed by atoms with Crippen molar-refractivity contribution in [2.45, 2.75) is 53.1 Å². The molecule has 0 saturated heterocycles. The van der Waals surface area contributed by atoms with Crippen LogP contribution in [0.15, 0.2) is 24.4 Å². The molecule has 0 bridgehead atoms. The topological polar surface area (TPSA) is 68.2 Å². The van der Waals surface area contributed by atoms with E-state index in [-0.39, 0.29) is 17.5 Å². The van der Waals surface area contributed by atoms with Gasteiger partial charge in [0.05, 0.1) is 30.1 Å². The molecular formula is C19H28N4O2. The fourth-order valence-corrected chi connectivity index (χ4v) is 2.64. The summed E-state index contributed by atoms with van der Waals surface area (Å²) in [7, 11) is 1.59. The van der Waals surface area contributed by atoms with Gasteiger partial charge in [-0.15, -0.1) is 0 Å². The first-order chi connectivity index (χ1) is 11.6. The average Bonchev–Trinajstić information content (AvgIpc) is 2.90. The normalized spacial score (nSPS) is 12.6. The van der Waals surface area contributed by atoms with Crippen LogP contribution < -0.4 is 15.4 Å². The molecule has 1 aromatic carbocycles. The highest BCUT2D eigenvalue weighted by molar-refractivity contribution is 5.90. The lowest BCUT2D eigenvalue weighted by atomic mass is 10.1. The van der Waals surface area contributed by atoms with Gasteiger partial charge < -0.3 is 15.4 Å². The number of nitrogens with zero attached hydrogens (tertiary/aromatic N) is 2. The fourth-order valence-electron chi connectivity index (χ4n) is 2.64. The van der Waals surface area contributed by atoms with Crippen LogP contribution in [0.3, 0.4) is 0 Å². The van der Waals surface area contributed by atoms with E-state index >= 15 is 0 Å². The van der Waals surface area contributed by atoms with E-state index in [4.69, 9.17) is 4.74 Å². The molecular weight excluding hydrogens is 316 g/mol. The second kappa shape index (κ2) is 7.17. The van der Waals surface area contributed by atoms with E-state index in [1.165, 1.54) is 6.92 Å². The zero-order chi connectivity index (χ0) is 18.8. The van der Waals surface area contributed by atoms with Crippen molar-refractivity contribution in [2.24, 2.45) is 0 Å². The summed E-state index contributed by atoms with van der Waals surface area (Å²) in [6, 6.07) is 5.73. The van der Waals surface area contributed by atoms with Crippen molar-refractivity contribution in [3.8, 4) is 5.75 Å². The van der Waals surface area contributed by atoms with Gasteiger partial charge in [-0.1, -0.05) is 0 Å². The molecule has 0 saturated carbocycles. The van der Waals surface area contributed by atoms with Gasteiger partial charge in [0.1, 0.15) is 5.75 Å². The summed E-state index contributed by atoms with van der Waals surface area (Å²) in [5.74, 6) is 0.493. The van der Waals surface area contributed by atoms with E-state index in [1.54, 1.807) is 7.11 Å². The van der Waals surface area contributed by atoms with Crippen molar-refractivity contribution < 1.29 is 9.53 Å². The van der Waals surface area contributed by atoms with Crippen molar-refractivity contribution in [3.63, 3.8) is 0 Å². The number of benzene rings is 1. The van der Waals surface area contributed by atoms with Gasteiger partial charge in [-0.25, -0.2) is 0 Å². The Morgan fingerprint density at radius 1 is 1.32 bits per heavy atom. The monoisotopic (exact) mass is 344 g/mol. The maximum absolute atomic E-state index is 11.3. The van der Waals surface area contributed by atoms with Crippen LogP contribution in [0.4, 0.5) is 11.4 Å². The Bertz CT molecular complexity index is 759. The highest BCUT2D eigenvalue weighted by atomic mass is 16.5. The lowest BCUT2D eigenvalue weighted by molar-refractivity contribution is -0.114. The predicted octanol–water partition coefficient (Wildman–Crippen LogP) is 4.09. The van der Waals surface area contributed by atoms with Gasteiger partial charge in [0, 0.05) is 30.4 Å². The van der Waals surface area contributed by atoms with Gasteiger partial charge >= 0.3 is 0 Å². The Balaban J connectivity index is 2.22. The van der Waals surface area contributed by atoms with E-state index in [1.807, 2.05) is 29.8 Å². The van der Waals surface area contributed by atoms with Crippen LogP contribution >= 0.6 is 0 Å². The number of carbonyl (C=O) groups excluding carboxylic acids is 1. The fraction of sp³-hybridized carbons (Fsp3) is 0.474. The van der Waals surface area contributed by atoms with Crippen LogP contribution in [0, 0.1) is 6.92 Å². The third-order valence-electron chi connectivity index (χ3n) is 3.99. The van der Waals surface area contributed by atoms with E-state index in [9.17, 15) is 4.79 Å². The summed E-state index contributed by atoms with van der Waals surface area (Å²) in [4.78, 5) is 11.3. The van der Waals surface area contributed by atoms with Gasteiger partial charge in [-0.05, 0) is 46.8 Å². The SMILES string of the molecule is COc1cc(NC(C)c2cn(C(C)(C)C)nc2C)ccc1NC(C)=O. The molecule has 2 aromatic rings. The number of hydrogen-bond acceptors (Lipinski definition) is 4. The molecule has 1 atom stereocenters. The van der Waals surface area contributed by atoms with Crippen molar-refractivity contribution in [2.75, 3.05) is 17.7 Å². The number of carbonyl (C=O) groups is 1. The summed E-state index contributed by atoms with van der Waals surface area (Å²) in [5.41, 5.74) is 3.69. The number of anilines is 2. The van der Waals surface area contributed by atoms with Crippen molar-refractivity contribution >= 4 is 17.3 Å². The second-order valence-corrected chi connectivity index (χ2v) is 7.25. The molecule has 2 rings (SSSR count). The summed E-state index contributed by atoms with van der Waals surface area (Å²) >= 11 is 0. The van der Waals surface area contributed by atoms with Crippen LogP contribution in [0.1, 0.15) is 51.9 Å². The van der Waals surface area contributed by atoms with Gasteiger partial charge in [-0.3, -0.25) is 9.48 Å². The predicted molar refractivity (Wildman–Crippen MR) is 101 cm³/mol. The first kappa shape index (κ1) is 18.8. The largest absolute Gasteiger partial charge is 0.494 e. The first-order valence-electron chi connectivity index (χ1n) is 8.40. The number of hydrogen-bond donors (Lipinski definition) is 2. The number of methoxy groups -OCH3 is 1. The second-order valence-electron chi connectivity index (χ2n) is 7.25. The number of ether oxygens (including phenoxy) is 1. The third-order valence-corrected chi connectivity index (χ3v) is 3.99. The molecule has 0 aliphatic heterocycles. The molecule has 0 fully saturated rings. The quantitative estimate of drug-likeness (QED) is 0.857. The van der Waals surface area contributed by atoms with Gasteiger partial charge in [0.25, 0.3) is 0 Å². The minimum absolute atomic E-state index is 0.0496. The molecule has 1 aromatic heterocycles. The van der Waals surface area contributed by atoms with Crippen molar-refractivity contribution in [3.05, 3.63) is 35.7 Å². The Morgan fingerprint density at radius 2 is 2.00 bits per heavy atom. The number of aryl methyl sites for hydroxylation is 1. The maximum Gasteiger partial charge on any atom is 0.221 e. The van der Waals surface area contributed by atoms with E-state index in [0.29, 0.717) is 11.4 Å². The Kier molecular flexibility index (Phi) is 5.40. The zero-order valence-electron chi connectivity index (χ0n) is 16.1. The van der Waals surface area contributed by atoms with E-state index < -0.39 is 0 Å². The molecule has 6 heteroatoms. The van der Waals surface area contributed by atoms with Gasteiger partial charge in [-0.2, -0.15) is 5.10 Å². The van der Waals surface area contributed by atoms with Crippen molar-refractivity contribution in [1.29, 1.82) is 0 Å². The van der Waals surface area contributed by atoms with E-state index in [0.717, 1.165) is 16.9 Å². The molecule has 1 amide bonds. The molecule has 2 N–H and O–H groups in total. The molecule has 1 unspecified atom stereocenters. The van der Waals surface area contributed by atoms with Gasteiger partial charge in [0.15, 0.2) is 0 Å². The molecule has 25 heavy (non-hydrogen) atoms. The van der Waals surface area contributed by atoms with Crippen LogP contribution in [0.2, 0.25) is 0 Å². The maximum atomic E-state index is 11.3. The minimum atomic E-state index is -0.127. The highest BCUT2D eigenvalue weighted by Crippen LogP contribution is 2.30. The third kappa shape index (κ3) is 4.53. The van der Waals surface area contributed by atoms with Crippen LogP contribution in [0.25, 0.3) is 0 Å². The standard InChI is InChI=1S/C19H28N4O2/c1-12(16-11-23(19(4,5)6)22-13(16)2)20-15-8-9-17(21-14(3)24)18(10-15)25-7/h8-12,20H,1-7H3,(H,21,24). The molecule has 136 valence electrons. The summed E-state index contributed by atoms with van der Waals surface area (Å²) in [5, 5.41) is 10.9. The average molecular weight is 344 g/mol. The van der Waals surface area contributed by atoms with E-state index in [2.05, 4.69) is 49.6 Å². The summed E-state index contributed by atoms with van der Waals surface area (Å²) in [6.07, 6.45) is 2.09. The molecule has 0 spiro atoms. The number of amides is 1. The smallest absolute Gasteiger partial charge is 0.221 e. The zero-order valence-corrected chi connectivity index (χ0v) is 16.1. The van der Waals surface area contributed by atoms with Crippen LogP contribution in [-0.2, 0) is 10.3 Å². The molecule has 1 heterocycles. The van der Waals surface area contributed by atoms with Gasteiger partial charge in [0.2, 0.25) is 5.91 Å². The Labute approximate surface area is 149 Å². The molecule has 6 nitrogen and oxygen atoms in total. The molecule has 0 radical (unpaired) electrons. The lowest BCUT2D eigenvalue weighted by Gasteiger charge is -2.19. The van der Waals surface area contributed by atoms with Crippen LogP contribution in [0.5, 0.6) is 5.75 Å². The lowest BCUT2D eigenvalue weighted by Crippen LogP contribution is -2.22. The summed E-state index contributed by atoms with van der Waals surface area (Å²) in [6.45, 7) is 12.0. The molecule has 0 aliphatic carbocycles. The Morgan fingerprint density at radius 3 is 2.52 bits per heavy atom. The highest BCUT2D eigenvalue weighted by Gasteiger charge is 2.19. The van der Waals surface area contributed by atoms with Crippen LogP contribution in [-0.4, -0.2) is 22.8 Å². The van der Waals surface area contributed by atoms with Crippen molar-refractivity contribution in [1.82, 2.24) is 9.78 Å². The number of rotatable bonds is 5. The number of aromatic nitrogens is 2. The number of nitrogens with one attached hydrogen (secondary N) is 2. The summed E-state index contributed by atoms with van der Waals surface area (Å²) < 4.78 is 7.37.